The van der Waals surface area contributed by atoms with E-state index in [1.165, 1.54) is 0 Å². The van der Waals surface area contributed by atoms with Crippen molar-refractivity contribution < 1.29 is 14.7 Å². The van der Waals surface area contributed by atoms with Gasteiger partial charge in [-0.15, -0.1) is 0 Å². The third-order valence-corrected chi connectivity index (χ3v) is 7.62. The van der Waals surface area contributed by atoms with Gasteiger partial charge in [0.05, 0.1) is 11.3 Å². The standard InChI is InChI=1S/C32H33N3O4/c33-28(36)20-26(22-12-5-3-6-13-22)24-16-11-17-25-29(24)30(32(38)39)27(21-34-18-9-1-2-10-19-34)35(31(25)37)23-14-7-4-8-15-23/h3-8,11-17,26H,1-2,9-10,18-21H2,(H2,33,36)(H,38,39)/t26-/m0/s1. The molecule has 1 saturated heterocycles. The van der Waals surface area contributed by atoms with Crippen LogP contribution in [-0.2, 0) is 11.3 Å². The molecule has 4 aromatic rings. The number of pyridine rings is 1. The van der Waals surface area contributed by atoms with Crippen LogP contribution in [0.25, 0.3) is 16.5 Å². The van der Waals surface area contributed by atoms with Crippen molar-refractivity contribution >= 4 is 22.6 Å². The molecule has 0 saturated carbocycles. The van der Waals surface area contributed by atoms with Crippen LogP contribution in [0.3, 0.4) is 0 Å². The molecule has 5 rings (SSSR count). The third-order valence-electron chi connectivity index (χ3n) is 7.62. The smallest absolute Gasteiger partial charge is 0.338 e. The van der Waals surface area contributed by atoms with Gasteiger partial charge >= 0.3 is 5.97 Å². The monoisotopic (exact) mass is 523 g/mol. The highest BCUT2D eigenvalue weighted by Gasteiger charge is 2.29. The Balaban J connectivity index is 1.85. The van der Waals surface area contributed by atoms with Crippen LogP contribution in [0.15, 0.2) is 83.7 Å². The number of amides is 1. The molecular weight excluding hydrogens is 490 g/mol. The summed E-state index contributed by atoms with van der Waals surface area (Å²) in [5.41, 5.74) is 8.02. The molecule has 1 aliphatic heterocycles. The third kappa shape index (κ3) is 5.49. The van der Waals surface area contributed by atoms with E-state index in [9.17, 15) is 19.5 Å². The van der Waals surface area contributed by atoms with E-state index in [1.807, 2.05) is 66.7 Å². The number of rotatable bonds is 8. The Morgan fingerprint density at radius 1 is 0.846 bits per heavy atom. The normalized spacial score (nSPS) is 15.1. The fraction of sp³-hybridized carbons (Fsp3) is 0.281. The van der Waals surface area contributed by atoms with E-state index in [1.54, 1.807) is 16.7 Å². The number of carbonyl (C=O) groups excluding carboxylic acids is 1. The van der Waals surface area contributed by atoms with E-state index in [0.29, 0.717) is 34.3 Å². The Morgan fingerprint density at radius 2 is 1.49 bits per heavy atom. The zero-order chi connectivity index (χ0) is 27.4. The molecule has 1 atom stereocenters. The van der Waals surface area contributed by atoms with Gasteiger partial charge in [-0.3, -0.25) is 19.1 Å². The maximum atomic E-state index is 14.2. The van der Waals surface area contributed by atoms with Crippen LogP contribution in [0.2, 0.25) is 0 Å². The molecule has 2 heterocycles. The number of fused-ring (bicyclic) bond motifs is 1. The number of aromatic nitrogens is 1. The SMILES string of the molecule is NC(=O)C[C@@H](c1ccccc1)c1cccc2c(=O)n(-c3ccccc3)c(CN3CCCCCC3)c(C(=O)O)c12. The quantitative estimate of drug-likeness (QED) is 0.335. The maximum Gasteiger partial charge on any atom is 0.338 e. The summed E-state index contributed by atoms with van der Waals surface area (Å²) in [7, 11) is 0. The fourth-order valence-electron chi connectivity index (χ4n) is 5.85. The minimum atomic E-state index is -1.10. The number of carbonyl (C=O) groups is 2. The first-order valence-corrected chi connectivity index (χ1v) is 13.5. The lowest BCUT2D eigenvalue weighted by atomic mass is 9.84. The van der Waals surface area contributed by atoms with Gasteiger partial charge in [-0.25, -0.2) is 4.79 Å². The number of benzene rings is 3. The minimum Gasteiger partial charge on any atom is -0.478 e. The van der Waals surface area contributed by atoms with Gasteiger partial charge in [0.2, 0.25) is 5.91 Å². The Bertz CT molecular complexity index is 1540. The van der Waals surface area contributed by atoms with Gasteiger partial charge in [0.15, 0.2) is 0 Å². The summed E-state index contributed by atoms with van der Waals surface area (Å²) in [6, 6.07) is 23.9. The molecule has 0 bridgehead atoms. The minimum absolute atomic E-state index is 0.00852. The Labute approximate surface area is 227 Å². The number of likely N-dealkylation sites (tertiary alicyclic amines) is 1. The average Bonchev–Trinajstić information content (AvgIpc) is 3.21. The van der Waals surface area contributed by atoms with Crippen LogP contribution >= 0.6 is 0 Å². The van der Waals surface area contributed by atoms with Gasteiger partial charge in [-0.1, -0.05) is 73.5 Å². The first kappa shape index (κ1) is 26.4. The van der Waals surface area contributed by atoms with Crippen molar-refractivity contribution in [3.8, 4) is 5.69 Å². The summed E-state index contributed by atoms with van der Waals surface area (Å²) in [6.07, 6.45) is 4.34. The summed E-state index contributed by atoms with van der Waals surface area (Å²) < 4.78 is 1.56. The molecule has 7 heteroatoms. The molecule has 1 amide bonds. The molecule has 39 heavy (non-hydrogen) atoms. The number of carboxylic acid groups (broad SMARTS) is 1. The maximum absolute atomic E-state index is 14.2. The molecule has 3 aromatic carbocycles. The van der Waals surface area contributed by atoms with Crippen molar-refractivity contribution in [1.29, 1.82) is 0 Å². The van der Waals surface area contributed by atoms with Gasteiger partial charge in [0, 0.05) is 35.3 Å². The Morgan fingerprint density at radius 3 is 2.10 bits per heavy atom. The van der Waals surface area contributed by atoms with Gasteiger partial charge in [0.25, 0.3) is 5.56 Å². The number of hydrogen-bond donors (Lipinski definition) is 2. The molecule has 0 aliphatic carbocycles. The Hall–Kier alpha value is -4.23. The lowest BCUT2D eigenvalue weighted by Crippen LogP contribution is -2.32. The lowest BCUT2D eigenvalue weighted by Gasteiger charge is -2.26. The molecule has 1 aromatic heterocycles. The number of aromatic carboxylic acids is 1. The molecule has 0 unspecified atom stereocenters. The summed E-state index contributed by atoms with van der Waals surface area (Å²) >= 11 is 0. The highest BCUT2D eigenvalue weighted by molar-refractivity contribution is 6.06. The van der Waals surface area contributed by atoms with Crippen molar-refractivity contribution in [2.75, 3.05) is 13.1 Å². The molecule has 200 valence electrons. The summed E-state index contributed by atoms with van der Waals surface area (Å²) in [6.45, 7) is 2.02. The fourth-order valence-corrected chi connectivity index (χ4v) is 5.85. The summed E-state index contributed by atoms with van der Waals surface area (Å²) in [4.78, 5) is 41.8. The number of primary amides is 1. The topological polar surface area (TPSA) is 106 Å². The summed E-state index contributed by atoms with van der Waals surface area (Å²) in [5.74, 6) is -2.10. The highest BCUT2D eigenvalue weighted by atomic mass is 16.4. The molecule has 1 fully saturated rings. The second-order valence-electron chi connectivity index (χ2n) is 10.2. The first-order chi connectivity index (χ1) is 19.0. The molecule has 0 spiro atoms. The van der Waals surface area contributed by atoms with Gasteiger partial charge in [0.1, 0.15) is 0 Å². The molecule has 3 N–H and O–H groups in total. The number of hydrogen-bond acceptors (Lipinski definition) is 4. The van der Waals surface area contributed by atoms with Gasteiger partial charge in [-0.2, -0.15) is 0 Å². The average molecular weight is 524 g/mol. The van der Waals surface area contributed by atoms with E-state index < -0.39 is 17.8 Å². The Kier molecular flexibility index (Phi) is 7.89. The van der Waals surface area contributed by atoms with Gasteiger partial charge < -0.3 is 10.8 Å². The van der Waals surface area contributed by atoms with Crippen LogP contribution < -0.4 is 11.3 Å². The van der Waals surface area contributed by atoms with E-state index in [0.717, 1.165) is 44.3 Å². The second kappa shape index (κ2) is 11.7. The largest absolute Gasteiger partial charge is 0.478 e. The molecular formula is C32H33N3O4. The number of para-hydroxylation sites is 1. The van der Waals surface area contributed by atoms with Crippen molar-refractivity contribution in [1.82, 2.24) is 9.47 Å². The number of carboxylic acids is 1. The zero-order valence-corrected chi connectivity index (χ0v) is 21.9. The van der Waals surface area contributed by atoms with E-state index in [2.05, 4.69) is 4.90 Å². The predicted molar refractivity (Wildman–Crippen MR) is 152 cm³/mol. The second-order valence-corrected chi connectivity index (χ2v) is 10.2. The molecule has 0 radical (unpaired) electrons. The molecule has 7 nitrogen and oxygen atoms in total. The van der Waals surface area contributed by atoms with E-state index in [4.69, 9.17) is 5.73 Å². The van der Waals surface area contributed by atoms with Crippen molar-refractivity contribution in [3.63, 3.8) is 0 Å². The van der Waals surface area contributed by atoms with Crippen molar-refractivity contribution in [2.45, 2.75) is 44.6 Å². The van der Waals surface area contributed by atoms with Crippen LogP contribution in [0.5, 0.6) is 0 Å². The van der Waals surface area contributed by atoms with E-state index in [-0.39, 0.29) is 17.5 Å². The number of nitrogens with two attached hydrogens (primary N) is 1. The van der Waals surface area contributed by atoms with Crippen LogP contribution in [0.1, 0.15) is 65.2 Å². The summed E-state index contributed by atoms with van der Waals surface area (Å²) in [5, 5.41) is 11.4. The van der Waals surface area contributed by atoms with Gasteiger partial charge in [-0.05, 0) is 55.3 Å². The van der Waals surface area contributed by atoms with Crippen LogP contribution in [-0.4, -0.2) is 39.5 Å². The molecule has 1 aliphatic rings. The number of nitrogens with zero attached hydrogens (tertiary/aromatic N) is 2. The van der Waals surface area contributed by atoms with E-state index >= 15 is 0 Å². The van der Waals surface area contributed by atoms with Crippen LogP contribution in [0, 0.1) is 0 Å². The van der Waals surface area contributed by atoms with Crippen molar-refractivity contribution in [2.24, 2.45) is 5.73 Å². The highest BCUT2D eigenvalue weighted by Crippen LogP contribution is 2.36. The van der Waals surface area contributed by atoms with Crippen molar-refractivity contribution in [3.05, 3.63) is 112 Å². The zero-order valence-electron chi connectivity index (χ0n) is 21.9. The van der Waals surface area contributed by atoms with Crippen LogP contribution in [0.4, 0.5) is 0 Å². The first-order valence-electron chi connectivity index (χ1n) is 13.5. The predicted octanol–water partition coefficient (Wildman–Crippen LogP) is 5.07. The lowest BCUT2D eigenvalue weighted by molar-refractivity contribution is -0.118.